The standard InChI is InChI=1S/C16H22ClN3/c1-4-13-10(2)19-20-15(17)14(11(3)18-16(13)20)12-8-6-5-7-9-12/h12H,4-9H2,1-3H3. The summed E-state index contributed by atoms with van der Waals surface area (Å²) < 4.78 is 1.85. The highest BCUT2D eigenvalue weighted by Crippen LogP contribution is 2.38. The van der Waals surface area contributed by atoms with Crippen LogP contribution in [0.2, 0.25) is 5.15 Å². The number of rotatable bonds is 2. The molecule has 1 aliphatic rings. The fraction of sp³-hybridized carbons (Fsp3) is 0.625. The zero-order valence-corrected chi connectivity index (χ0v) is 13.3. The van der Waals surface area contributed by atoms with E-state index in [1.807, 2.05) is 11.4 Å². The van der Waals surface area contributed by atoms with Crippen molar-refractivity contribution in [2.45, 2.75) is 65.2 Å². The molecule has 1 saturated carbocycles. The van der Waals surface area contributed by atoms with Crippen molar-refractivity contribution in [2.24, 2.45) is 0 Å². The average Bonchev–Trinajstić information content (AvgIpc) is 2.76. The molecule has 108 valence electrons. The van der Waals surface area contributed by atoms with Crippen molar-refractivity contribution in [1.29, 1.82) is 0 Å². The highest BCUT2D eigenvalue weighted by atomic mass is 35.5. The van der Waals surface area contributed by atoms with E-state index in [0.29, 0.717) is 5.92 Å². The second-order valence-corrected chi connectivity index (χ2v) is 6.25. The van der Waals surface area contributed by atoms with Gasteiger partial charge in [0, 0.05) is 16.8 Å². The van der Waals surface area contributed by atoms with Crippen molar-refractivity contribution >= 4 is 17.2 Å². The maximum absolute atomic E-state index is 6.68. The van der Waals surface area contributed by atoms with Crippen LogP contribution in [0.4, 0.5) is 0 Å². The first kappa shape index (κ1) is 13.9. The van der Waals surface area contributed by atoms with Crippen LogP contribution in [0, 0.1) is 13.8 Å². The molecule has 0 amide bonds. The molecule has 20 heavy (non-hydrogen) atoms. The molecule has 3 nitrogen and oxygen atoms in total. The van der Waals surface area contributed by atoms with Crippen molar-refractivity contribution in [3.63, 3.8) is 0 Å². The Balaban J connectivity index is 2.18. The summed E-state index contributed by atoms with van der Waals surface area (Å²) >= 11 is 6.68. The molecular formula is C16H22ClN3. The van der Waals surface area contributed by atoms with Gasteiger partial charge in [-0.25, -0.2) is 9.50 Å². The highest BCUT2D eigenvalue weighted by molar-refractivity contribution is 6.30. The predicted molar refractivity (Wildman–Crippen MR) is 82.7 cm³/mol. The third kappa shape index (κ3) is 2.12. The van der Waals surface area contributed by atoms with Gasteiger partial charge in [-0.05, 0) is 39.0 Å². The number of aryl methyl sites for hydroxylation is 3. The van der Waals surface area contributed by atoms with E-state index in [-0.39, 0.29) is 0 Å². The highest BCUT2D eigenvalue weighted by Gasteiger charge is 2.24. The molecule has 2 heterocycles. The minimum Gasteiger partial charge on any atom is -0.233 e. The Morgan fingerprint density at radius 2 is 1.85 bits per heavy atom. The number of halogens is 1. The Kier molecular flexibility index (Phi) is 3.72. The SMILES string of the molecule is CCc1c(C)nn2c(Cl)c(C3CCCCC3)c(C)nc12. The van der Waals surface area contributed by atoms with Crippen LogP contribution in [0.5, 0.6) is 0 Å². The molecule has 0 aromatic carbocycles. The minimum atomic E-state index is 0.558. The third-order valence-electron chi connectivity index (χ3n) is 4.60. The van der Waals surface area contributed by atoms with Gasteiger partial charge in [-0.2, -0.15) is 5.10 Å². The number of aromatic nitrogens is 3. The second kappa shape index (κ2) is 5.36. The van der Waals surface area contributed by atoms with E-state index in [2.05, 4.69) is 18.9 Å². The molecule has 0 unspecified atom stereocenters. The summed E-state index contributed by atoms with van der Waals surface area (Å²) in [5.41, 5.74) is 5.51. The Morgan fingerprint density at radius 3 is 2.50 bits per heavy atom. The van der Waals surface area contributed by atoms with Gasteiger partial charge >= 0.3 is 0 Å². The van der Waals surface area contributed by atoms with Gasteiger partial charge in [0.25, 0.3) is 0 Å². The van der Waals surface area contributed by atoms with Gasteiger partial charge in [0.1, 0.15) is 5.15 Å². The molecule has 4 heteroatoms. The monoisotopic (exact) mass is 291 g/mol. The molecule has 0 N–H and O–H groups in total. The molecule has 0 radical (unpaired) electrons. The maximum atomic E-state index is 6.68. The first-order valence-corrected chi connectivity index (χ1v) is 8.05. The average molecular weight is 292 g/mol. The van der Waals surface area contributed by atoms with Gasteiger partial charge in [-0.3, -0.25) is 0 Å². The molecule has 0 aliphatic heterocycles. The molecule has 0 bridgehead atoms. The molecule has 1 aliphatic carbocycles. The van der Waals surface area contributed by atoms with Crippen LogP contribution < -0.4 is 0 Å². The quantitative estimate of drug-likeness (QED) is 0.756. The molecule has 2 aromatic rings. The Hall–Kier alpha value is -1.09. The van der Waals surface area contributed by atoms with Crippen LogP contribution in [-0.2, 0) is 6.42 Å². The zero-order valence-electron chi connectivity index (χ0n) is 12.5. The van der Waals surface area contributed by atoms with Crippen molar-refractivity contribution in [3.05, 3.63) is 27.7 Å². The Labute approximate surface area is 125 Å². The van der Waals surface area contributed by atoms with Crippen LogP contribution in [0.3, 0.4) is 0 Å². The predicted octanol–water partition coefficient (Wildman–Crippen LogP) is 4.61. The molecule has 0 atom stereocenters. The second-order valence-electron chi connectivity index (χ2n) is 5.89. The van der Waals surface area contributed by atoms with E-state index in [0.717, 1.165) is 28.6 Å². The molecular weight excluding hydrogens is 270 g/mol. The van der Waals surface area contributed by atoms with E-state index in [1.165, 1.54) is 43.2 Å². The van der Waals surface area contributed by atoms with E-state index in [4.69, 9.17) is 16.6 Å². The molecule has 1 fully saturated rings. The Bertz CT molecular complexity index is 639. The van der Waals surface area contributed by atoms with Gasteiger partial charge in [0.05, 0.1) is 5.69 Å². The van der Waals surface area contributed by atoms with Crippen LogP contribution in [0.1, 0.15) is 67.5 Å². The van der Waals surface area contributed by atoms with Crippen LogP contribution in [0.25, 0.3) is 5.65 Å². The van der Waals surface area contributed by atoms with Crippen molar-refractivity contribution in [1.82, 2.24) is 14.6 Å². The fourth-order valence-corrected chi connectivity index (χ4v) is 3.96. The van der Waals surface area contributed by atoms with Crippen molar-refractivity contribution < 1.29 is 0 Å². The van der Waals surface area contributed by atoms with Crippen LogP contribution >= 0.6 is 11.6 Å². The zero-order chi connectivity index (χ0) is 14.3. The maximum Gasteiger partial charge on any atom is 0.160 e. The number of hydrogen-bond acceptors (Lipinski definition) is 2. The van der Waals surface area contributed by atoms with Gasteiger partial charge in [-0.1, -0.05) is 37.8 Å². The molecule has 0 spiro atoms. The summed E-state index contributed by atoms with van der Waals surface area (Å²) in [6.45, 7) is 6.28. The van der Waals surface area contributed by atoms with Crippen LogP contribution in [0.15, 0.2) is 0 Å². The smallest absolute Gasteiger partial charge is 0.160 e. The first-order chi connectivity index (χ1) is 9.63. The lowest BCUT2D eigenvalue weighted by Crippen LogP contribution is -2.11. The first-order valence-electron chi connectivity index (χ1n) is 7.67. The van der Waals surface area contributed by atoms with Crippen LogP contribution in [-0.4, -0.2) is 14.6 Å². The molecule has 3 rings (SSSR count). The normalized spacial score (nSPS) is 17.0. The Morgan fingerprint density at radius 1 is 1.15 bits per heavy atom. The summed E-state index contributed by atoms with van der Waals surface area (Å²) in [4.78, 5) is 4.82. The number of nitrogens with zero attached hydrogens (tertiary/aromatic N) is 3. The summed E-state index contributed by atoms with van der Waals surface area (Å²) in [6.07, 6.45) is 7.36. The van der Waals surface area contributed by atoms with Gasteiger partial charge < -0.3 is 0 Å². The van der Waals surface area contributed by atoms with Gasteiger partial charge in [0.15, 0.2) is 5.65 Å². The van der Waals surface area contributed by atoms with E-state index in [9.17, 15) is 0 Å². The number of fused-ring (bicyclic) bond motifs is 1. The summed E-state index contributed by atoms with van der Waals surface area (Å²) in [5, 5.41) is 5.38. The van der Waals surface area contributed by atoms with Gasteiger partial charge in [-0.15, -0.1) is 0 Å². The van der Waals surface area contributed by atoms with E-state index < -0.39 is 0 Å². The summed E-state index contributed by atoms with van der Waals surface area (Å²) in [7, 11) is 0. The van der Waals surface area contributed by atoms with E-state index in [1.54, 1.807) is 0 Å². The molecule has 2 aromatic heterocycles. The van der Waals surface area contributed by atoms with Gasteiger partial charge in [0.2, 0.25) is 0 Å². The molecule has 0 saturated heterocycles. The lowest BCUT2D eigenvalue weighted by atomic mass is 9.84. The third-order valence-corrected chi connectivity index (χ3v) is 4.96. The largest absolute Gasteiger partial charge is 0.233 e. The summed E-state index contributed by atoms with van der Waals surface area (Å²) in [5.74, 6) is 0.558. The topological polar surface area (TPSA) is 30.2 Å². The lowest BCUT2D eigenvalue weighted by Gasteiger charge is -2.24. The minimum absolute atomic E-state index is 0.558. The van der Waals surface area contributed by atoms with E-state index >= 15 is 0 Å². The fourth-order valence-electron chi connectivity index (χ4n) is 3.55. The number of hydrogen-bond donors (Lipinski definition) is 0. The lowest BCUT2D eigenvalue weighted by molar-refractivity contribution is 0.440. The van der Waals surface area contributed by atoms with Crippen molar-refractivity contribution in [2.75, 3.05) is 0 Å². The van der Waals surface area contributed by atoms with Crippen molar-refractivity contribution in [3.8, 4) is 0 Å². The summed E-state index contributed by atoms with van der Waals surface area (Å²) in [6, 6.07) is 0.